The van der Waals surface area contributed by atoms with E-state index in [9.17, 15) is 14.4 Å². The highest BCUT2D eigenvalue weighted by Crippen LogP contribution is 2.24. The molecule has 1 fully saturated rings. The SMILES string of the molecule is CCN(CC(=O)O)C(=O)c1ccc(CNC(=O)C2CCCC2)cc1. The lowest BCUT2D eigenvalue weighted by Gasteiger charge is -2.18. The molecule has 2 N–H and O–H groups in total. The molecule has 6 nitrogen and oxygen atoms in total. The predicted molar refractivity (Wildman–Crippen MR) is 89.5 cm³/mol. The van der Waals surface area contributed by atoms with E-state index in [1.807, 2.05) is 0 Å². The maximum atomic E-state index is 12.3. The number of carboxylic acid groups (broad SMARTS) is 1. The molecule has 0 atom stereocenters. The van der Waals surface area contributed by atoms with Crippen LogP contribution in [0, 0.1) is 5.92 Å². The van der Waals surface area contributed by atoms with E-state index in [1.165, 1.54) is 4.90 Å². The van der Waals surface area contributed by atoms with Gasteiger partial charge in [-0.3, -0.25) is 14.4 Å². The Hall–Kier alpha value is -2.37. The van der Waals surface area contributed by atoms with Gasteiger partial charge in [-0.2, -0.15) is 0 Å². The standard InChI is InChI=1S/C18H24N2O4/c1-2-20(12-16(21)22)18(24)15-9-7-13(8-10-15)11-19-17(23)14-5-3-4-6-14/h7-10,14H,2-6,11-12H2,1H3,(H,19,23)(H,21,22). The summed E-state index contributed by atoms with van der Waals surface area (Å²) in [6, 6.07) is 6.92. The van der Waals surface area contributed by atoms with E-state index in [0.717, 1.165) is 31.2 Å². The molecular formula is C18H24N2O4. The second kappa shape index (κ2) is 8.47. The van der Waals surface area contributed by atoms with Crippen LogP contribution < -0.4 is 5.32 Å². The molecule has 0 bridgehead atoms. The van der Waals surface area contributed by atoms with Crippen LogP contribution in [0.1, 0.15) is 48.5 Å². The van der Waals surface area contributed by atoms with Crippen LogP contribution in [0.5, 0.6) is 0 Å². The smallest absolute Gasteiger partial charge is 0.323 e. The Morgan fingerprint density at radius 1 is 1.17 bits per heavy atom. The molecule has 0 radical (unpaired) electrons. The zero-order valence-electron chi connectivity index (χ0n) is 14.0. The highest BCUT2D eigenvalue weighted by molar-refractivity contribution is 5.95. The van der Waals surface area contributed by atoms with Crippen molar-refractivity contribution in [1.29, 1.82) is 0 Å². The normalized spacial score (nSPS) is 14.4. The van der Waals surface area contributed by atoms with Crippen LogP contribution in [0.2, 0.25) is 0 Å². The van der Waals surface area contributed by atoms with Crippen molar-refractivity contribution in [2.24, 2.45) is 5.92 Å². The Morgan fingerprint density at radius 2 is 1.79 bits per heavy atom. The number of amides is 2. The highest BCUT2D eigenvalue weighted by Gasteiger charge is 2.22. The fourth-order valence-corrected chi connectivity index (χ4v) is 2.96. The number of hydrogen-bond acceptors (Lipinski definition) is 3. The first kappa shape index (κ1) is 18.0. The summed E-state index contributed by atoms with van der Waals surface area (Å²) in [7, 11) is 0. The van der Waals surface area contributed by atoms with Gasteiger partial charge in [0.2, 0.25) is 5.91 Å². The van der Waals surface area contributed by atoms with Gasteiger partial charge in [0.05, 0.1) is 0 Å². The van der Waals surface area contributed by atoms with Crippen molar-refractivity contribution in [3.05, 3.63) is 35.4 Å². The molecule has 1 aromatic carbocycles. The summed E-state index contributed by atoms with van der Waals surface area (Å²) in [5.41, 5.74) is 1.36. The quantitative estimate of drug-likeness (QED) is 0.800. The van der Waals surface area contributed by atoms with Crippen LogP contribution in [-0.4, -0.2) is 40.9 Å². The molecule has 1 aliphatic carbocycles. The Morgan fingerprint density at radius 3 is 2.33 bits per heavy atom. The fraction of sp³-hybridized carbons (Fsp3) is 0.500. The Labute approximate surface area is 141 Å². The van der Waals surface area contributed by atoms with E-state index in [4.69, 9.17) is 5.11 Å². The van der Waals surface area contributed by atoms with Gasteiger partial charge in [-0.25, -0.2) is 0 Å². The lowest BCUT2D eigenvalue weighted by molar-refractivity contribution is -0.137. The molecule has 24 heavy (non-hydrogen) atoms. The van der Waals surface area contributed by atoms with E-state index in [-0.39, 0.29) is 24.3 Å². The molecule has 2 rings (SSSR count). The number of benzene rings is 1. The van der Waals surface area contributed by atoms with Gasteiger partial charge in [-0.05, 0) is 37.5 Å². The monoisotopic (exact) mass is 332 g/mol. The minimum absolute atomic E-state index is 0.103. The number of likely N-dealkylation sites (N-methyl/N-ethyl adjacent to an activating group) is 1. The number of carboxylic acids is 1. The molecule has 0 saturated heterocycles. The van der Waals surface area contributed by atoms with Gasteiger partial charge in [0, 0.05) is 24.6 Å². The van der Waals surface area contributed by atoms with E-state index >= 15 is 0 Å². The number of nitrogens with zero attached hydrogens (tertiary/aromatic N) is 1. The third-order valence-corrected chi connectivity index (χ3v) is 4.39. The highest BCUT2D eigenvalue weighted by atomic mass is 16.4. The van der Waals surface area contributed by atoms with Crippen LogP contribution >= 0.6 is 0 Å². The van der Waals surface area contributed by atoms with Gasteiger partial charge >= 0.3 is 5.97 Å². The minimum atomic E-state index is -1.03. The molecule has 0 unspecified atom stereocenters. The maximum absolute atomic E-state index is 12.3. The number of hydrogen-bond donors (Lipinski definition) is 2. The third kappa shape index (κ3) is 4.81. The average Bonchev–Trinajstić information content (AvgIpc) is 3.12. The van der Waals surface area contributed by atoms with Crippen molar-refractivity contribution in [3.63, 3.8) is 0 Å². The lowest BCUT2D eigenvalue weighted by Crippen LogP contribution is -2.35. The van der Waals surface area contributed by atoms with Gasteiger partial charge in [-0.1, -0.05) is 25.0 Å². The number of nitrogens with one attached hydrogen (secondary N) is 1. The first-order valence-corrected chi connectivity index (χ1v) is 8.39. The second-order valence-electron chi connectivity index (χ2n) is 6.11. The predicted octanol–water partition coefficient (Wildman–Crippen LogP) is 2.04. The largest absolute Gasteiger partial charge is 0.480 e. The minimum Gasteiger partial charge on any atom is -0.480 e. The summed E-state index contributed by atoms with van der Waals surface area (Å²) in [6.07, 6.45) is 4.18. The van der Waals surface area contributed by atoms with Crippen LogP contribution in [0.3, 0.4) is 0 Å². The van der Waals surface area contributed by atoms with E-state index in [2.05, 4.69) is 5.32 Å². The summed E-state index contributed by atoms with van der Waals surface area (Å²) in [6.45, 7) is 2.21. The van der Waals surface area contributed by atoms with Crippen molar-refractivity contribution in [2.45, 2.75) is 39.2 Å². The van der Waals surface area contributed by atoms with E-state index in [1.54, 1.807) is 31.2 Å². The van der Waals surface area contributed by atoms with Crippen molar-refractivity contribution in [1.82, 2.24) is 10.2 Å². The molecule has 1 aromatic rings. The van der Waals surface area contributed by atoms with Gasteiger partial charge < -0.3 is 15.3 Å². The molecule has 0 aromatic heterocycles. The van der Waals surface area contributed by atoms with Crippen molar-refractivity contribution >= 4 is 17.8 Å². The van der Waals surface area contributed by atoms with Gasteiger partial charge in [0.15, 0.2) is 0 Å². The molecule has 6 heteroatoms. The number of aliphatic carboxylic acids is 1. The van der Waals surface area contributed by atoms with Gasteiger partial charge in [0.25, 0.3) is 5.91 Å². The van der Waals surface area contributed by atoms with Crippen molar-refractivity contribution < 1.29 is 19.5 Å². The summed E-state index contributed by atoms with van der Waals surface area (Å²) < 4.78 is 0. The molecule has 1 aliphatic rings. The Balaban J connectivity index is 1.90. The lowest BCUT2D eigenvalue weighted by atomic mass is 10.1. The molecule has 0 spiro atoms. The zero-order valence-corrected chi connectivity index (χ0v) is 14.0. The third-order valence-electron chi connectivity index (χ3n) is 4.39. The molecule has 2 amide bonds. The van der Waals surface area contributed by atoms with Crippen molar-refractivity contribution in [3.8, 4) is 0 Å². The summed E-state index contributed by atoms with van der Waals surface area (Å²) in [4.78, 5) is 36.3. The molecule has 0 aliphatic heterocycles. The molecule has 1 saturated carbocycles. The van der Waals surface area contributed by atoms with Crippen LogP contribution in [0.4, 0.5) is 0 Å². The zero-order chi connectivity index (χ0) is 17.5. The average molecular weight is 332 g/mol. The van der Waals surface area contributed by atoms with Crippen LogP contribution in [-0.2, 0) is 16.1 Å². The van der Waals surface area contributed by atoms with Crippen molar-refractivity contribution in [2.75, 3.05) is 13.1 Å². The molecule has 130 valence electrons. The van der Waals surface area contributed by atoms with Crippen LogP contribution in [0.25, 0.3) is 0 Å². The maximum Gasteiger partial charge on any atom is 0.323 e. The first-order chi connectivity index (χ1) is 11.5. The number of carbonyl (C=O) groups is 3. The fourth-order valence-electron chi connectivity index (χ4n) is 2.96. The molecular weight excluding hydrogens is 308 g/mol. The first-order valence-electron chi connectivity index (χ1n) is 8.39. The van der Waals surface area contributed by atoms with E-state index < -0.39 is 5.97 Å². The number of carbonyl (C=O) groups excluding carboxylic acids is 2. The van der Waals surface area contributed by atoms with Crippen LogP contribution in [0.15, 0.2) is 24.3 Å². The summed E-state index contributed by atoms with van der Waals surface area (Å²) in [5.74, 6) is -1.09. The summed E-state index contributed by atoms with van der Waals surface area (Å²) >= 11 is 0. The van der Waals surface area contributed by atoms with E-state index in [0.29, 0.717) is 18.7 Å². The summed E-state index contributed by atoms with van der Waals surface area (Å²) in [5, 5.41) is 11.8. The number of rotatable bonds is 7. The van der Waals surface area contributed by atoms with Gasteiger partial charge in [-0.15, -0.1) is 0 Å². The Kier molecular flexibility index (Phi) is 6.35. The Bertz CT molecular complexity index is 592. The second-order valence-corrected chi connectivity index (χ2v) is 6.11. The topological polar surface area (TPSA) is 86.7 Å². The molecule has 0 heterocycles. The van der Waals surface area contributed by atoms with Gasteiger partial charge in [0.1, 0.15) is 6.54 Å².